The summed E-state index contributed by atoms with van der Waals surface area (Å²) < 4.78 is 29.1. The molecule has 0 saturated carbocycles. The Balaban J connectivity index is 2.13. The molecule has 0 aliphatic carbocycles. The molecule has 0 radical (unpaired) electrons. The number of sulfone groups is 1. The molecule has 1 unspecified atom stereocenters. The van der Waals surface area contributed by atoms with Crippen molar-refractivity contribution in [3.63, 3.8) is 0 Å². The highest BCUT2D eigenvalue weighted by molar-refractivity contribution is 7.91. The number of hydrogen-bond acceptors (Lipinski definition) is 5. The van der Waals surface area contributed by atoms with Gasteiger partial charge in [-0.05, 0) is 20.3 Å². The normalized spacial score (nSPS) is 20.7. The lowest BCUT2D eigenvalue weighted by molar-refractivity contribution is -0.132. The largest absolute Gasteiger partial charge is 0.444 e. The van der Waals surface area contributed by atoms with E-state index >= 15 is 0 Å². The van der Waals surface area contributed by atoms with E-state index in [1.807, 2.05) is 34.6 Å². The predicted octanol–water partition coefficient (Wildman–Crippen LogP) is 1.86. The maximum Gasteiger partial charge on any atom is 0.230 e. The molecule has 1 atom stereocenters. The molecule has 1 fully saturated rings. The minimum Gasteiger partial charge on any atom is -0.444 e. The number of carbonyl (C=O) groups excluding carboxylic acids is 1. The van der Waals surface area contributed by atoms with E-state index < -0.39 is 9.84 Å². The summed E-state index contributed by atoms with van der Waals surface area (Å²) >= 11 is 0. The Bertz CT molecular complexity index is 685. The average Bonchev–Trinajstić information content (AvgIpc) is 2.94. The Morgan fingerprint density at radius 3 is 2.48 bits per heavy atom. The first kappa shape index (κ1) is 18.0. The number of aryl methyl sites for hydroxylation is 1. The molecule has 0 spiro atoms. The molecule has 2 heterocycles. The SMILES string of the molecule is CCN(C(=O)Cc1oc(C(C)(C)C)nc1C)C1CCS(=O)(=O)C1. The van der Waals surface area contributed by atoms with Crippen molar-refractivity contribution >= 4 is 15.7 Å². The maximum atomic E-state index is 12.6. The molecule has 1 aromatic heterocycles. The van der Waals surface area contributed by atoms with Gasteiger partial charge in [0.2, 0.25) is 5.91 Å². The molecule has 1 amide bonds. The van der Waals surface area contributed by atoms with Gasteiger partial charge in [0.05, 0.1) is 23.6 Å². The number of amides is 1. The van der Waals surface area contributed by atoms with Crippen LogP contribution in [-0.2, 0) is 26.5 Å². The van der Waals surface area contributed by atoms with Crippen LogP contribution in [0.25, 0.3) is 0 Å². The molecule has 1 aliphatic heterocycles. The van der Waals surface area contributed by atoms with Crippen molar-refractivity contribution < 1.29 is 17.6 Å². The molecule has 0 aromatic carbocycles. The third kappa shape index (κ3) is 4.13. The van der Waals surface area contributed by atoms with E-state index in [2.05, 4.69) is 4.98 Å². The number of likely N-dealkylation sites (N-methyl/N-ethyl adjacent to an activating group) is 1. The van der Waals surface area contributed by atoms with Crippen molar-refractivity contribution in [2.45, 2.75) is 58.9 Å². The first-order valence-corrected chi connectivity index (χ1v) is 9.82. The molecule has 2 rings (SSSR count). The van der Waals surface area contributed by atoms with Crippen molar-refractivity contribution in [1.82, 2.24) is 9.88 Å². The van der Waals surface area contributed by atoms with E-state index in [0.717, 1.165) is 5.69 Å². The van der Waals surface area contributed by atoms with Gasteiger partial charge < -0.3 is 9.32 Å². The monoisotopic (exact) mass is 342 g/mol. The summed E-state index contributed by atoms with van der Waals surface area (Å²) in [4.78, 5) is 18.7. The van der Waals surface area contributed by atoms with Crippen LogP contribution in [0.3, 0.4) is 0 Å². The molecule has 1 aliphatic rings. The fourth-order valence-electron chi connectivity index (χ4n) is 2.81. The van der Waals surface area contributed by atoms with Gasteiger partial charge in [0.25, 0.3) is 0 Å². The van der Waals surface area contributed by atoms with Crippen LogP contribution in [0, 0.1) is 6.92 Å². The molecule has 6 nitrogen and oxygen atoms in total. The van der Waals surface area contributed by atoms with Crippen LogP contribution in [0.15, 0.2) is 4.42 Å². The number of aromatic nitrogens is 1. The lowest BCUT2D eigenvalue weighted by Gasteiger charge is -2.26. The van der Waals surface area contributed by atoms with Gasteiger partial charge in [-0.3, -0.25) is 4.79 Å². The lowest BCUT2D eigenvalue weighted by atomic mass is 9.97. The van der Waals surface area contributed by atoms with Crippen molar-refractivity contribution in [2.24, 2.45) is 0 Å². The highest BCUT2D eigenvalue weighted by Crippen LogP contribution is 2.25. The highest BCUT2D eigenvalue weighted by Gasteiger charge is 2.34. The van der Waals surface area contributed by atoms with Gasteiger partial charge >= 0.3 is 0 Å². The second-order valence-electron chi connectivity index (χ2n) is 7.19. The van der Waals surface area contributed by atoms with Gasteiger partial charge in [-0.15, -0.1) is 0 Å². The van der Waals surface area contributed by atoms with Crippen molar-refractivity contribution in [3.8, 4) is 0 Å². The summed E-state index contributed by atoms with van der Waals surface area (Å²) in [6.45, 7) is 10.2. The number of carbonyl (C=O) groups is 1. The third-order valence-corrected chi connectivity index (χ3v) is 5.91. The zero-order chi connectivity index (χ0) is 17.4. The van der Waals surface area contributed by atoms with Crippen molar-refractivity contribution in [1.29, 1.82) is 0 Å². The molecule has 1 aromatic rings. The van der Waals surface area contributed by atoms with E-state index in [-0.39, 0.29) is 35.3 Å². The van der Waals surface area contributed by atoms with Crippen LogP contribution in [0.2, 0.25) is 0 Å². The third-order valence-electron chi connectivity index (χ3n) is 4.16. The van der Waals surface area contributed by atoms with Crippen molar-refractivity contribution in [2.75, 3.05) is 18.1 Å². The molecular weight excluding hydrogens is 316 g/mol. The summed E-state index contributed by atoms with van der Waals surface area (Å²) in [7, 11) is -3.01. The van der Waals surface area contributed by atoms with E-state index in [0.29, 0.717) is 24.6 Å². The minimum atomic E-state index is -3.01. The van der Waals surface area contributed by atoms with Gasteiger partial charge in [-0.25, -0.2) is 13.4 Å². The van der Waals surface area contributed by atoms with E-state index in [9.17, 15) is 13.2 Å². The molecule has 1 saturated heterocycles. The minimum absolute atomic E-state index is 0.0647. The number of nitrogens with zero attached hydrogens (tertiary/aromatic N) is 2. The fourth-order valence-corrected chi connectivity index (χ4v) is 4.54. The van der Waals surface area contributed by atoms with E-state index in [1.54, 1.807) is 4.90 Å². The molecule has 130 valence electrons. The smallest absolute Gasteiger partial charge is 0.230 e. The molecule has 0 N–H and O–H groups in total. The zero-order valence-electron chi connectivity index (χ0n) is 14.5. The second kappa shape index (κ2) is 6.26. The molecule has 7 heteroatoms. The standard InChI is InChI=1S/C16H26N2O4S/c1-6-18(12-7-8-23(20,21)10-12)14(19)9-13-11(2)17-15(22-13)16(3,4)5/h12H,6-10H2,1-5H3. The molecule has 0 bridgehead atoms. The predicted molar refractivity (Wildman–Crippen MR) is 88.1 cm³/mol. The zero-order valence-corrected chi connectivity index (χ0v) is 15.4. The van der Waals surface area contributed by atoms with Crippen LogP contribution >= 0.6 is 0 Å². The Hall–Kier alpha value is -1.37. The summed E-state index contributed by atoms with van der Waals surface area (Å²) in [6.07, 6.45) is 0.643. The number of oxazole rings is 1. The van der Waals surface area contributed by atoms with Crippen LogP contribution < -0.4 is 0 Å². The van der Waals surface area contributed by atoms with Gasteiger partial charge in [0.1, 0.15) is 5.76 Å². The Morgan fingerprint density at radius 2 is 2.04 bits per heavy atom. The Labute approximate surface area is 138 Å². The van der Waals surface area contributed by atoms with Gasteiger partial charge in [-0.2, -0.15) is 0 Å². The Morgan fingerprint density at radius 1 is 1.39 bits per heavy atom. The molecule has 23 heavy (non-hydrogen) atoms. The van der Waals surface area contributed by atoms with Crippen LogP contribution in [0.1, 0.15) is 51.5 Å². The number of rotatable bonds is 4. The van der Waals surface area contributed by atoms with Crippen LogP contribution in [0.5, 0.6) is 0 Å². The second-order valence-corrected chi connectivity index (χ2v) is 9.42. The first-order valence-electron chi connectivity index (χ1n) is 8.00. The summed E-state index contributed by atoms with van der Waals surface area (Å²) in [5.74, 6) is 1.31. The maximum absolute atomic E-state index is 12.6. The van der Waals surface area contributed by atoms with E-state index in [1.165, 1.54) is 0 Å². The van der Waals surface area contributed by atoms with Crippen LogP contribution in [0.4, 0.5) is 0 Å². The topological polar surface area (TPSA) is 80.5 Å². The highest BCUT2D eigenvalue weighted by atomic mass is 32.2. The summed E-state index contributed by atoms with van der Waals surface area (Å²) in [5, 5.41) is 0. The lowest BCUT2D eigenvalue weighted by Crippen LogP contribution is -2.41. The molecular formula is C16H26N2O4S. The Kier molecular flexibility index (Phi) is 4.89. The first-order chi connectivity index (χ1) is 10.5. The van der Waals surface area contributed by atoms with Gasteiger partial charge in [0.15, 0.2) is 15.7 Å². The average molecular weight is 342 g/mol. The van der Waals surface area contributed by atoms with E-state index in [4.69, 9.17) is 4.42 Å². The summed E-state index contributed by atoms with van der Waals surface area (Å²) in [6, 6.07) is -0.220. The van der Waals surface area contributed by atoms with Gasteiger partial charge in [0, 0.05) is 18.0 Å². The summed E-state index contributed by atoms with van der Waals surface area (Å²) in [5.41, 5.74) is 0.508. The van der Waals surface area contributed by atoms with Gasteiger partial charge in [-0.1, -0.05) is 20.8 Å². The van der Waals surface area contributed by atoms with Crippen molar-refractivity contribution in [3.05, 3.63) is 17.3 Å². The number of hydrogen-bond donors (Lipinski definition) is 0. The fraction of sp³-hybridized carbons (Fsp3) is 0.750. The quantitative estimate of drug-likeness (QED) is 0.834. The van der Waals surface area contributed by atoms with Crippen LogP contribution in [-0.4, -0.2) is 48.3 Å².